The van der Waals surface area contributed by atoms with Crippen LogP contribution in [0.15, 0.2) is 12.7 Å². The largest absolute Gasteiger partial charge is 0.360 e. The summed E-state index contributed by atoms with van der Waals surface area (Å²) in [5.74, 6) is -0.984. The van der Waals surface area contributed by atoms with Gasteiger partial charge in [0.2, 0.25) is 0 Å². The second kappa shape index (κ2) is 3.21. The molecule has 0 aromatic heterocycles. The van der Waals surface area contributed by atoms with Crippen LogP contribution in [0.5, 0.6) is 0 Å². The molecule has 0 aliphatic heterocycles. The van der Waals surface area contributed by atoms with E-state index in [4.69, 9.17) is 11.6 Å². The lowest BCUT2D eigenvalue weighted by Crippen LogP contribution is -2.25. The maximum Gasteiger partial charge on any atom is 0.360 e. The summed E-state index contributed by atoms with van der Waals surface area (Å²) in [6.45, 7) is 7.07. The molecule has 4 heteroatoms. The molecule has 1 aliphatic rings. The van der Waals surface area contributed by atoms with Crippen LogP contribution in [0.4, 0.5) is 8.78 Å². The highest BCUT2D eigenvalue weighted by Gasteiger charge is 2.68. The molecule has 0 saturated heterocycles. The topological polar surface area (TPSA) is 9.23 Å². The second-order valence-electron chi connectivity index (χ2n) is 3.88. The first-order chi connectivity index (χ1) is 5.88. The molecule has 13 heavy (non-hydrogen) atoms. The van der Waals surface area contributed by atoms with Gasteiger partial charge in [0.05, 0.1) is 5.92 Å². The lowest BCUT2D eigenvalue weighted by atomic mass is 10.1. The summed E-state index contributed by atoms with van der Waals surface area (Å²) in [6.07, 6.45) is -1.58. The molecular formula is C9H13ClF2O. The van der Waals surface area contributed by atoms with E-state index in [2.05, 4.69) is 11.3 Å². The van der Waals surface area contributed by atoms with Gasteiger partial charge >= 0.3 is 6.11 Å². The molecule has 2 atom stereocenters. The summed E-state index contributed by atoms with van der Waals surface area (Å²) >= 11 is 5.11. The zero-order valence-corrected chi connectivity index (χ0v) is 8.44. The van der Waals surface area contributed by atoms with E-state index in [9.17, 15) is 8.78 Å². The van der Waals surface area contributed by atoms with Gasteiger partial charge in [-0.1, -0.05) is 31.5 Å². The summed E-state index contributed by atoms with van der Waals surface area (Å²) in [7, 11) is 0. The molecular weight excluding hydrogens is 198 g/mol. The lowest BCUT2D eigenvalue weighted by molar-refractivity contribution is -0.248. The van der Waals surface area contributed by atoms with Crippen LogP contribution in [0.25, 0.3) is 0 Å². The Balaban J connectivity index is 2.70. The van der Waals surface area contributed by atoms with Gasteiger partial charge in [0.1, 0.15) is 6.07 Å². The van der Waals surface area contributed by atoms with Gasteiger partial charge in [-0.25, -0.2) is 0 Å². The Bertz CT molecular complexity index is 216. The van der Waals surface area contributed by atoms with Gasteiger partial charge in [0.25, 0.3) is 0 Å². The van der Waals surface area contributed by atoms with E-state index in [1.165, 1.54) is 0 Å². The van der Waals surface area contributed by atoms with Crippen LogP contribution in [0.3, 0.4) is 0 Å². The maximum atomic E-state index is 13.2. The highest BCUT2D eigenvalue weighted by atomic mass is 35.5. The zero-order chi connectivity index (χ0) is 10.3. The maximum absolute atomic E-state index is 13.2. The van der Waals surface area contributed by atoms with Crippen LogP contribution in [0, 0.1) is 17.3 Å². The third-order valence-corrected chi connectivity index (χ3v) is 2.88. The molecule has 1 saturated carbocycles. The van der Waals surface area contributed by atoms with Crippen molar-refractivity contribution < 1.29 is 13.5 Å². The summed E-state index contributed by atoms with van der Waals surface area (Å²) in [6, 6.07) is -0.483. The van der Waals surface area contributed by atoms with Crippen molar-refractivity contribution >= 4 is 11.6 Å². The van der Waals surface area contributed by atoms with Gasteiger partial charge in [0, 0.05) is 0 Å². The average Bonchev–Trinajstić information content (AvgIpc) is 2.53. The lowest BCUT2D eigenvalue weighted by Gasteiger charge is -2.16. The van der Waals surface area contributed by atoms with Crippen LogP contribution in [-0.4, -0.2) is 12.2 Å². The van der Waals surface area contributed by atoms with E-state index < -0.39 is 23.5 Å². The van der Waals surface area contributed by atoms with E-state index in [0.29, 0.717) is 0 Å². The van der Waals surface area contributed by atoms with E-state index >= 15 is 0 Å². The van der Waals surface area contributed by atoms with Crippen LogP contribution in [0.1, 0.15) is 13.8 Å². The molecule has 1 fully saturated rings. The molecule has 0 spiro atoms. The highest BCUT2D eigenvalue weighted by Crippen LogP contribution is 2.65. The third-order valence-electron chi connectivity index (χ3n) is 2.77. The monoisotopic (exact) mass is 210 g/mol. The quantitative estimate of drug-likeness (QED) is 0.511. The van der Waals surface area contributed by atoms with Crippen molar-refractivity contribution in [3.63, 3.8) is 0 Å². The smallest absolute Gasteiger partial charge is 0.304 e. The van der Waals surface area contributed by atoms with E-state index in [1.807, 2.05) is 0 Å². The molecule has 0 radical (unpaired) electrons. The Morgan fingerprint density at radius 3 is 2.46 bits per heavy atom. The summed E-state index contributed by atoms with van der Waals surface area (Å²) in [5, 5.41) is 0. The number of hydrogen-bond donors (Lipinski definition) is 0. The van der Waals surface area contributed by atoms with Crippen molar-refractivity contribution in [3.05, 3.63) is 12.7 Å². The Morgan fingerprint density at radius 1 is 1.62 bits per heavy atom. The molecule has 1 rings (SSSR count). The highest BCUT2D eigenvalue weighted by molar-refractivity contribution is 6.17. The molecule has 0 amide bonds. The summed E-state index contributed by atoms with van der Waals surface area (Å²) < 4.78 is 30.6. The minimum absolute atomic E-state index is 0.189. The van der Waals surface area contributed by atoms with Crippen molar-refractivity contribution in [2.45, 2.75) is 20.0 Å². The Morgan fingerprint density at radius 2 is 2.15 bits per heavy atom. The molecule has 76 valence electrons. The minimum Gasteiger partial charge on any atom is -0.304 e. The predicted octanol–water partition coefficient (Wildman–Crippen LogP) is 3.25. The first kappa shape index (κ1) is 10.9. The minimum atomic E-state index is -3.13. The van der Waals surface area contributed by atoms with Gasteiger partial charge < -0.3 is 4.74 Å². The van der Waals surface area contributed by atoms with Crippen LogP contribution < -0.4 is 0 Å². The molecule has 0 N–H and O–H groups in total. The number of alkyl halides is 3. The van der Waals surface area contributed by atoms with Gasteiger partial charge in [-0.15, -0.1) is 6.58 Å². The number of hydrogen-bond acceptors (Lipinski definition) is 1. The molecule has 0 aromatic carbocycles. The third kappa shape index (κ3) is 1.72. The molecule has 1 aliphatic carbocycles. The molecule has 0 aromatic rings. The number of rotatable bonds is 4. The van der Waals surface area contributed by atoms with Gasteiger partial charge in [-0.2, -0.15) is 8.78 Å². The standard InChI is InChI=1S/C9H13ClF2O/c1-4-6-7(8(6,2)3)9(11,12)13-5-10/h4,6-7H,1,5H2,2-3H3. The van der Waals surface area contributed by atoms with E-state index in [0.717, 1.165) is 0 Å². The first-order valence-corrected chi connectivity index (χ1v) is 4.61. The fourth-order valence-corrected chi connectivity index (χ4v) is 2.07. The van der Waals surface area contributed by atoms with E-state index in [-0.39, 0.29) is 5.92 Å². The van der Waals surface area contributed by atoms with E-state index in [1.54, 1.807) is 19.9 Å². The van der Waals surface area contributed by atoms with Gasteiger partial charge in [-0.05, 0) is 11.3 Å². The molecule has 0 bridgehead atoms. The Hall–Kier alpha value is -0.150. The van der Waals surface area contributed by atoms with Crippen molar-refractivity contribution in [2.24, 2.45) is 17.3 Å². The van der Waals surface area contributed by atoms with Crippen molar-refractivity contribution in [1.82, 2.24) is 0 Å². The van der Waals surface area contributed by atoms with Crippen molar-refractivity contribution in [2.75, 3.05) is 6.07 Å². The number of allylic oxidation sites excluding steroid dienone is 1. The van der Waals surface area contributed by atoms with Gasteiger partial charge in [-0.3, -0.25) is 0 Å². The van der Waals surface area contributed by atoms with Crippen molar-refractivity contribution in [1.29, 1.82) is 0 Å². The fourth-order valence-electron chi connectivity index (χ4n) is 1.92. The van der Waals surface area contributed by atoms with Gasteiger partial charge in [0.15, 0.2) is 0 Å². The molecule has 1 nitrogen and oxygen atoms in total. The zero-order valence-electron chi connectivity index (χ0n) is 7.69. The Labute approximate surface area is 81.7 Å². The number of halogens is 3. The number of ether oxygens (including phenoxy) is 1. The van der Waals surface area contributed by atoms with Crippen LogP contribution >= 0.6 is 11.6 Å². The summed E-state index contributed by atoms with van der Waals surface area (Å²) in [4.78, 5) is 0. The Kier molecular flexibility index (Phi) is 2.70. The van der Waals surface area contributed by atoms with Crippen molar-refractivity contribution in [3.8, 4) is 0 Å². The molecule has 2 unspecified atom stereocenters. The summed E-state index contributed by atoms with van der Waals surface area (Å²) in [5.41, 5.74) is -0.433. The molecule has 0 heterocycles. The normalized spacial score (nSPS) is 31.5. The van der Waals surface area contributed by atoms with Crippen LogP contribution in [-0.2, 0) is 4.74 Å². The fraction of sp³-hybridized carbons (Fsp3) is 0.778. The second-order valence-corrected chi connectivity index (χ2v) is 4.09. The SMILES string of the molecule is C=CC1C(C(F)(F)OCCl)C1(C)C. The first-order valence-electron chi connectivity index (χ1n) is 4.08. The van der Waals surface area contributed by atoms with Crippen LogP contribution in [0.2, 0.25) is 0 Å². The predicted molar refractivity (Wildman–Crippen MR) is 47.7 cm³/mol. The average molecular weight is 211 g/mol.